The number of benzene rings is 1. The first-order valence-electron chi connectivity index (χ1n) is 15.3. The third-order valence-corrected chi connectivity index (χ3v) is 7.85. The van der Waals surface area contributed by atoms with Gasteiger partial charge in [-0.15, -0.1) is 0 Å². The number of rotatable bonds is 12. The van der Waals surface area contributed by atoms with E-state index in [1.54, 1.807) is 12.1 Å². The van der Waals surface area contributed by atoms with Crippen molar-refractivity contribution in [3.63, 3.8) is 0 Å². The van der Waals surface area contributed by atoms with Crippen LogP contribution in [0.2, 0.25) is 0 Å². The topological polar surface area (TPSA) is 179 Å². The Bertz CT molecular complexity index is 1410. The zero-order valence-corrected chi connectivity index (χ0v) is 25.7. The standard InChI is InChI=1S/C31H41N5O9/c1-3-4-15-44-31(43)35-13-11-34(12-14-35)30(42)23(7-8-28(39)40)33-29(41)25-17-26(22-6-5-20(2)16-24(22)32-25)45-19-27(38)36-10-9-21(37)18-36/h5-6,16-17,21,23,37H,3-4,7-15,18-19H2,1-2H3,(H,33,41)(H,39,40)/t21-,23+/m1/s1. The van der Waals surface area contributed by atoms with Gasteiger partial charge in [0.2, 0.25) is 5.91 Å². The van der Waals surface area contributed by atoms with Gasteiger partial charge in [0.1, 0.15) is 17.5 Å². The van der Waals surface area contributed by atoms with Crippen LogP contribution in [0.5, 0.6) is 5.75 Å². The lowest BCUT2D eigenvalue weighted by atomic mass is 10.1. The zero-order valence-electron chi connectivity index (χ0n) is 25.7. The van der Waals surface area contributed by atoms with Crippen LogP contribution in [0, 0.1) is 6.92 Å². The molecule has 0 spiro atoms. The Kier molecular flexibility index (Phi) is 11.5. The number of pyridine rings is 1. The molecule has 244 valence electrons. The molecule has 4 rings (SSSR count). The van der Waals surface area contributed by atoms with Crippen LogP contribution in [0.15, 0.2) is 24.3 Å². The Morgan fingerprint density at radius 1 is 1.04 bits per heavy atom. The highest BCUT2D eigenvalue weighted by molar-refractivity contribution is 5.99. The van der Waals surface area contributed by atoms with Gasteiger partial charge in [-0.1, -0.05) is 19.4 Å². The molecule has 0 bridgehead atoms. The molecule has 0 saturated carbocycles. The van der Waals surface area contributed by atoms with Crippen LogP contribution in [0.1, 0.15) is 55.1 Å². The maximum absolute atomic E-state index is 13.5. The van der Waals surface area contributed by atoms with Crippen molar-refractivity contribution in [1.29, 1.82) is 0 Å². The highest BCUT2D eigenvalue weighted by atomic mass is 16.6. The van der Waals surface area contributed by atoms with E-state index in [-0.39, 0.29) is 69.5 Å². The largest absolute Gasteiger partial charge is 0.483 e. The highest BCUT2D eigenvalue weighted by Crippen LogP contribution is 2.27. The number of fused-ring (bicyclic) bond motifs is 1. The van der Waals surface area contributed by atoms with Crippen molar-refractivity contribution in [1.82, 2.24) is 25.0 Å². The summed E-state index contributed by atoms with van der Waals surface area (Å²) in [5.41, 5.74) is 1.25. The number of unbranched alkanes of at least 4 members (excludes halogenated alkanes) is 1. The molecule has 45 heavy (non-hydrogen) atoms. The third kappa shape index (κ3) is 9.03. The molecule has 2 fully saturated rings. The van der Waals surface area contributed by atoms with E-state index < -0.39 is 36.0 Å². The number of nitrogens with zero attached hydrogens (tertiary/aromatic N) is 4. The van der Waals surface area contributed by atoms with Gasteiger partial charge in [-0.25, -0.2) is 9.78 Å². The van der Waals surface area contributed by atoms with Gasteiger partial charge in [0, 0.05) is 57.1 Å². The molecule has 2 atom stereocenters. The van der Waals surface area contributed by atoms with Crippen LogP contribution < -0.4 is 10.1 Å². The number of amides is 4. The Morgan fingerprint density at radius 2 is 1.78 bits per heavy atom. The van der Waals surface area contributed by atoms with Crippen molar-refractivity contribution in [3.05, 3.63) is 35.5 Å². The molecule has 1 aromatic carbocycles. The van der Waals surface area contributed by atoms with Gasteiger partial charge in [0.05, 0.1) is 18.2 Å². The number of aromatic nitrogens is 1. The summed E-state index contributed by atoms with van der Waals surface area (Å²) in [4.78, 5) is 72.3. The monoisotopic (exact) mass is 627 g/mol. The lowest BCUT2D eigenvalue weighted by Crippen LogP contribution is -2.56. The normalized spacial score (nSPS) is 17.2. The quantitative estimate of drug-likeness (QED) is 0.293. The van der Waals surface area contributed by atoms with Crippen LogP contribution in [-0.2, 0) is 19.1 Å². The molecular formula is C31H41N5O9. The van der Waals surface area contributed by atoms with E-state index in [1.807, 2.05) is 19.9 Å². The maximum Gasteiger partial charge on any atom is 0.409 e. The minimum Gasteiger partial charge on any atom is -0.483 e. The lowest BCUT2D eigenvalue weighted by molar-refractivity contribution is -0.138. The predicted octanol–water partition coefficient (Wildman–Crippen LogP) is 1.56. The first-order valence-corrected chi connectivity index (χ1v) is 15.3. The van der Waals surface area contributed by atoms with E-state index in [4.69, 9.17) is 9.47 Å². The minimum atomic E-state index is -1.15. The van der Waals surface area contributed by atoms with Crippen molar-refractivity contribution < 1.29 is 43.7 Å². The number of piperazine rings is 1. The summed E-state index contributed by atoms with van der Waals surface area (Å²) in [6.45, 7) is 5.44. The third-order valence-electron chi connectivity index (χ3n) is 7.85. The summed E-state index contributed by atoms with van der Waals surface area (Å²) < 4.78 is 11.1. The average Bonchev–Trinajstić information content (AvgIpc) is 3.47. The van der Waals surface area contributed by atoms with E-state index >= 15 is 0 Å². The summed E-state index contributed by atoms with van der Waals surface area (Å²) >= 11 is 0. The predicted molar refractivity (Wildman–Crippen MR) is 162 cm³/mol. The molecule has 2 saturated heterocycles. The van der Waals surface area contributed by atoms with E-state index in [0.29, 0.717) is 30.5 Å². The molecule has 14 heteroatoms. The van der Waals surface area contributed by atoms with Crippen molar-refractivity contribution in [3.8, 4) is 5.75 Å². The van der Waals surface area contributed by atoms with E-state index in [9.17, 15) is 34.2 Å². The molecule has 4 amide bonds. The van der Waals surface area contributed by atoms with Crippen molar-refractivity contribution in [2.45, 2.75) is 58.1 Å². The number of aryl methyl sites for hydroxylation is 1. The van der Waals surface area contributed by atoms with Gasteiger partial charge in [0.15, 0.2) is 6.61 Å². The van der Waals surface area contributed by atoms with Gasteiger partial charge in [0.25, 0.3) is 11.8 Å². The Labute approximate surface area is 261 Å². The summed E-state index contributed by atoms with van der Waals surface area (Å²) in [5.74, 6) is -2.35. The maximum atomic E-state index is 13.5. The number of carbonyl (C=O) groups is 5. The first-order chi connectivity index (χ1) is 21.5. The fourth-order valence-corrected chi connectivity index (χ4v) is 5.22. The number of β-amino-alcohol motifs (C(OH)–C–C–N with tert-alkyl or cyclic N) is 1. The Morgan fingerprint density at radius 3 is 2.44 bits per heavy atom. The fraction of sp³-hybridized carbons (Fsp3) is 0.548. The van der Waals surface area contributed by atoms with E-state index in [2.05, 4.69) is 10.3 Å². The number of hydrogen-bond donors (Lipinski definition) is 3. The zero-order chi connectivity index (χ0) is 32.5. The second kappa shape index (κ2) is 15.5. The SMILES string of the molecule is CCCCOC(=O)N1CCN(C(=O)[C@H](CCC(=O)O)NC(=O)c2cc(OCC(=O)N3CC[C@@H](O)C3)c3ccc(C)cc3n2)CC1. The van der Waals surface area contributed by atoms with Gasteiger partial charge < -0.3 is 39.7 Å². The van der Waals surface area contributed by atoms with Crippen LogP contribution in [0.25, 0.3) is 10.9 Å². The molecule has 2 aromatic rings. The Hall–Kier alpha value is -4.46. The molecule has 0 radical (unpaired) electrons. The lowest BCUT2D eigenvalue weighted by Gasteiger charge is -2.36. The van der Waals surface area contributed by atoms with Gasteiger partial charge in [-0.3, -0.25) is 19.2 Å². The number of aliphatic carboxylic acids is 1. The van der Waals surface area contributed by atoms with Crippen molar-refractivity contribution >= 4 is 40.7 Å². The minimum absolute atomic E-state index is 0.0695. The van der Waals surface area contributed by atoms with Crippen LogP contribution in [-0.4, -0.2) is 124 Å². The van der Waals surface area contributed by atoms with Gasteiger partial charge in [-0.05, 0) is 43.9 Å². The molecular weight excluding hydrogens is 586 g/mol. The summed E-state index contributed by atoms with van der Waals surface area (Å²) in [7, 11) is 0. The second-order valence-corrected chi connectivity index (χ2v) is 11.3. The van der Waals surface area contributed by atoms with E-state index in [1.165, 1.54) is 20.8 Å². The molecule has 0 aliphatic carbocycles. The summed E-state index contributed by atoms with van der Waals surface area (Å²) in [5, 5.41) is 22.3. The number of carbonyl (C=O) groups excluding carboxylic acids is 4. The number of carboxylic acids is 1. The van der Waals surface area contributed by atoms with Crippen molar-refractivity contribution in [2.24, 2.45) is 0 Å². The number of aliphatic hydroxyl groups excluding tert-OH is 1. The smallest absolute Gasteiger partial charge is 0.409 e. The molecule has 3 heterocycles. The molecule has 2 aliphatic rings. The number of nitrogens with one attached hydrogen (secondary N) is 1. The first kappa shape index (κ1) is 33.4. The number of likely N-dealkylation sites (tertiary alicyclic amines) is 1. The van der Waals surface area contributed by atoms with Gasteiger partial charge in [-0.2, -0.15) is 0 Å². The number of ether oxygens (including phenoxy) is 2. The van der Waals surface area contributed by atoms with Crippen molar-refractivity contribution in [2.75, 3.05) is 52.5 Å². The molecule has 14 nitrogen and oxygen atoms in total. The second-order valence-electron chi connectivity index (χ2n) is 11.3. The molecule has 3 N–H and O–H groups in total. The molecule has 1 aromatic heterocycles. The number of hydrogen-bond acceptors (Lipinski definition) is 9. The van der Waals surface area contributed by atoms with E-state index in [0.717, 1.165) is 18.4 Å². The molecule has 2 aliphatic heterocycles. The molecule has 0 unspecified atom stereocenters. The summed E-state index contributed by atoms with van der Waals surface area (Å²) in [6.07, 6.45) is 0.638. The van der Waals surface area contributed by atoms with Crippen LogP contribution >= 0.6 is 0 Å². The Balaban J connectivity index is 1.47. The number of carboxylic acid groups (broad SMARTS) is 1. The highest BCUT2D eigenvalue weighted by Gasteiger charge is 2.31. The van der Waals surface area contributed by atoms with Crippen LogP contribution in [0.4, 0.5) is 4.79 Å². The summed E-state index contributed by atoms with van der Waals surface area (Å²) in [6, 6.07) is 5.62. The average molecular weight is 628 g/mol. The number of aliphatic hydroxyl groups is 1. The fourth-order valence-electron chi connectivity index (χ4n) is 5.22. The van der Waals surface area contributed by atoms with Crippen LogP contribution in [0.3, 0.4) is 0 Å². The van der Waals surface area contributed by atoms with Gasteiger partial charge >= 0.3 is 12.1 Å².